The van der Waals surface area contributed by atoms with Crippen LogP contribution in [0.5, 0.6) is 0 Å². The molecule has 1 saturated carbocycles. The quantitative estimate of drug-likeness (QED) is 0.719. The van der Waals surface area contributed by atoms with Crippen LogP contribution in [-0.2, 0) is 11.3 Å². The molecule has 0 radical (unpaired) electrons. The van der Waals surface area contributed by atoms with Crippen LogP contribution in [0.15, 0.2) is 9.59 Å². The van der Waals surface area contributed by atoms with E-state index in [1.807, 2.05) is 0 Å². The van der Waals surface area contributed by atoms with Crippen LogP contribution in [0, 0.1) is 0 Å². The number of aromatic nitrogens is 2. The van der Waals surface area contributed by atoms with Crippen molar-refractivity contribution in [3.05, 3.63) is 20.8 Å². The fourth-order valence-corrected chi connectivity index (χ4v) is 2.53. The zero-order valence-electron chi connectivity index (χ0n) is 11.2. The summed E-state index contributed by atoms with van der Waals surface area (Å²) in [5, 5.41) is 3.14. The highest BCUT2D eigenvalue weighted by molar-refractivity contribution is 5.61. The first-order valence-electron chi connectivity index (χ1n) is 6.48. The van der Waals surface area contributed by atoms with Crippen molar-refractivity contribution < 1.29 is 4.74 Å². The lowest BCUT2D eigenvalue weighted by atomic mass is 10.2. The molecule has 4 N–H and O–H groups in total. The van der Waals surface area contributed by atoms with Crippen molar-refractivity contribution in [2.24, 2.45) is 0 Å². The van der Waals surface area contributed by atoms with Crippen molar-refractivity contribution in [3.8, 4) is 0 Å². The van der Waals surface area contributed by atoms with Crippen molar-refractivity contribution in [3.63, 3.8) is 0 Å². The third kappa shape index (κ3) is 2.65. The van der Waals surface area contributed by atoms with E-state index in [-0.39, 0.29) is 23.7 Å². The molecular weight excluding hydrogens is 248 g/mol. The van der Waals surface area contributed by atoms with Gasteiger partial charge >= 0.3 is 5.69 Å². The lowest BCUT2D eigenvalue weighted by Crippen LogP contribution is -2.35. The predicted octanol–water partition coefficient (Wildman–Crippen LogP) is 0.118. The standard InChI is InChI=1S/C12H20N4O3/c1-3-16-10(13)9(11(17)15-12(16)18)14-7-4-5-8(6-7)19-2/h7-8,14H,3-6,13H2,1-2H3,(H,15,17,18). The number of hydrogen-bond acceptors (Lipinski definition) is 5. The summed E-state index contributed by atoms with van der Waals surface area (Å²) in [6.07, 6.45) is 2.93. The maximum Gasteiger partial charge on any atom is 0.330 e. The van der Waals surface area contributed by atoms with Gasteiger partial charge in [0.1, 0.15) is 11.5 Å². The molecule has 0 aliphatic heterocycles. The summed E-state index contributed by atoms with van der Waals surface area (Å²) >= 11 is 0. The Morgan fingerprint density at radius 3 is 2.79 bits per heavy atom. The summed E-state index contributed by atoms with van der Waals surface area (Å²) in [5.41, 5.74) is 5.23. The van der Waals surface area contributed by atoms with Crippen molar-refractivity contribution in [1.82, 2.24) is 9.55 Å². The molecule has 7 nitrogen and oxygen atoms in total. The first-order chi connectivity index (χ1) is 9.06. The highest BCUT2D eigenvalue weighted by Crippen LogP contribution is 2.25. The van der Waals surface area contributed by atoms with Gasteiger partial charge < -0.3 is 15.8 Å². The fraction of sp³-hybridized carbons (Fsp3) is 0.667. The molecule has 2 rings (SSSR count). The first kappa shape index (κ1) is 13.7. The van der Waals surface area contributed by atoms with E-state index >= 15 is 0 Å². The number of methoxy groups -OCH3 is 1. The molecule has 7 heteroatoms. The number of anilines is 2. The number of nitrogen functional groups attached to an aromatic ring is 1. The summed E-state index contributed by atoms with van der Waals surface area (Å²) in [6.45, 7) is 2.22. The molecule has 1 aromatic heterocycles. The largest absolute Gasteiger partial charge is 0.383 e. The average molecular weight is 268 g/mol. The Morgan fingerprint density at radius 2 is 2.21 bits per heavy atom. The minimum absolute atomic E-state index is 0.149. The van der Waals surface area contributed by atoms with E-state index in [2.05, 4.69) is 10.3 Å². The lowest BCUT2D eigenvalue weighted by molar-refractivity contribution is 0.108. The molecule has 19 heavy (non-hydrogen) atoms. The normalized spacial score (nSPS) is 22.6. The van der Waals surface area contributed by atoms with Gasteiger partial charge in [-0.2, -0.15) is 0 Å². The molecule has 1 aliphatic carbocycles. The molecule has 0 aromatic carbocycles. The summed E-state index contributed by atoms with van der Waals surface area (Å²) in [4.78, 5) is 25.7. The number of ether oxygens (including phenoxy) is 1. The number of aromatic amines is 1. The maximum absolute atomic E-state index is 11.8. The zero-order valence-corrected chi connectivity index (χ0v) is 11.2. The zero-order chi connectivity index (χ0) is 14.0. The van der Waals surface area contributed by atoms with Gasteiger partial charge in [-0.15, -0.1) is 0 Å². The van der Waals surface area contributed by atoms with Gasteiger partial charge in [0.25, 0.3) is 5.56 Å². The van der Waals surface area contributed by atoms with Crippen LogP contribution in [0.25, 0.3) is 0 Å². The molecule has 106 valence electrons. The van der Waals surface area contributed by atoms with Gasteiger partial charge in [-0.3, -0.25) is 14.3 Å². The van der Waals surface area contributed by atoms with Crippen LogP contribution in [0.4, 0.5) is 11.5 Å². The molecule has 0 bridgehead atoms. The highest BCUT2D eigenvalue weighted by Gasteiger charge is 2.26. The number of H-pyrrole nitrogens is 1. The Balaban J connectivity index is 2.26. The Morgan fingerprint density at radius 1 is 1.47 bits per heavy atom. The molecule has 2 atom stereocenters. The molecule has 1 aliphatic rings. The molecule has 0 saturated heterocycles. The second-order valence-corrected chi connectivity index (χ2v) is 4.78. The highest BCUT2D eigenvalue weighted by atomic mass is 16.5. The molecule has 2 unspecified atom stereocenters. The van der Waals surface area contributed by atoms with Crippen LogP contribution in [-0.4, -0.2) is 28.8 Å². The Bertz CT molecular complexity index is 563. The van der Waals surface area contributed by atoms with Gasteiger partial charge in [-0.05, 0) is 26.2 Å². The molecule has 0 amide bonds. The van der Waals surface area contributed by atoms with E-state index in [4.69, 9.17) is 10.5 Å². The second kappa shape index (κ2) is 5.48. The third-order valence-corrected chi connectivity index (χ3v) is 3.62. The average Bonchev–Trinajstić information content (AvgIpc) is 2.82. The van der Waals surface area contributed by atoms with Crippen LogP contribution in [0.1, 0.15) is 26.2 Å². The molecule has 1 aromatic rings. The van der Waals surface area contributed by atoms with Crippen LogP contribution in [0.3, 0.4) is 0 Å². The molecule has 0 spiro atoms. The molecular formula is C12H20N4O3. The predicted molar refractivity (Wildman–Crippen MR) is 73.5 cm³/mol. The molecule has 1 fully saturated rings. The van der Waals surface area contributed by atoms with E-state index in [0.717, 1.165) is 19.3 Å². The minimum Gasteiger partial charge on any atom is -0.383 e. The van der Waals surface area contributed by atoms with E-state index in [0.29, 0.717) is 6.54 Å². The summed E-state index contributed by atoms with van der Waals surface area (Å²) in [5.74, 6) is 0.192. The fourth-order valence-electron chi connectivity index (χ4n) is 2.53. The first-order valence-corrected chi connectivity index (χ1v) is 6.48. The Labute approximate surface area is 110 Å². The topological polar surface area (TPSA) is 102 Å². The van der Waals surface area contributed by atoms with Gasteiger partial charge in [0.05, 0.1) is 6.10 Å². The number of hydrogen-bond donors (Lipinski definition) is 3. The number of nitrogens with zero attached hydrogens (tertiary/aromatic N) is 1. The van der Waals surface area contributed by atoms with Crippen molar-refractivity contribution in [2.45, 2.75) is 44.9 Å². The van der Waals surface area contributed by atoms with E-state index in [1.165, 1.54) is 4.57 Å². The van der Waals surface area contributed by atoms with Gasteiger partial charge in [0, 0.05) is 19.7 Å². The third-order valence-electron chi connectivity index (χ3n) is 3.62. The lowest BCUT2D eigenvalue weighted by Gasteiger charge is -2.17. The second-order valence-electron chi connectivity index (χ2n) is 4.78. The van der Waals surface area contributed by atoms with Gasteiger partial charge in [0.2, 0.25) is 0 Å². The van der Waals surface area contributed by atoms with Crippen molar-refractivity contribution >= 4 is 11.5 Å². The summed E-state index contributed by atoms with van der Waals surface area (Å²) < 4.78 is 6.63. The van der Waals surface area contributed by atoms with Gasteiger partial charge in [-0.1, -0.05) is 0 Å². The SMILES string of the molecule is CCn1c(N)c(NC2CCC(OC)C2)c(=O)[nH]c1=O. The Hall–Kier alpha value is -1.76. The number of rotatable bonds is 4. The van der Waals surface area contributed by atoms with E-state index in [1.54, 1.807) is 14.0 Å². The van der Waals surface area contributed by atoms with Gasteiger partial charge in [-0.25, -0.2) is 4.79 Å². The smallest absolute Gasteiger partial charge is 0.330 e. The maximum atomic E-state index is 11.8. The Kier molecular flexibility index (Phi) is 3.94. The number of nitrogens with two attached hydrogens (primary N) is 1. The van der Waals surface area contributed by atoms with Crippen LogP contribution < -0.4 is 22.3 Å². The minimum atomic E-state index is -0.475. The van der Waals surface area contributed by atoms with Crippen molar-refractivity contribution in [2.75, 3.05) is 18.2 Å². The van der Waals surface area contributed by atoms with E-state index in [9.17, 15) is 9.59 Å². The van der Waals surface area contributed by atoms with E-state index < -0.39 is 11.2 Å². The summed E-state index contributed by atoms with van der Waals surface area (Å²) in [6, 6.07) is 0.149. The van der Waals surface area contributed by atoms with Gasteiger partial charge in [0.15, 0.2) is 0 Å². The van der Waals surface area contributed by atoms with Crippen LogP contribution >= 0.6 is 0 Å². The monoisotopic (exact) mass is 268 g/mol. The van der Waals surface area contributed by atoms with Crippen molar-refractivity contribution in [1.29, 1.82) is 0 Å². The number of nitrogens with one attached hydrogen (secondary N) is 2. The van der Waals surface area contributed by atoms with Crippen LogP contribution in [0.2, 0.25) is 0 Å². The molecule has 1 heterocycles. The summed E-state index contributed by atoms with van der Waals surface area (Å²) in [7, 11) is 1.69.